The van der Waals surface area contributed by atoms with E-state index in [1.807, 2.05) is 9.80 Å². The first-order valence-corrected chi connectivity index (χ1v) is 10.7. The fourth-order valence-corrected chi connectivity index (χ4v) is 4.30. The molecule has 2 fully saturated rings. The third-order valence-electron chi connectivity index (χ3n) is 6.14. The van der Waals surface area contributed by atoms with Gasteiger partial charge in [-0.1, -0.05) is 18.5 Å². The maximum atomic E-state index is 12.8. The zero-order valence-electron chi connectivity index (χ0n) is 17.3. The highest BCUT2D eigenvalue weighted by molar-refractivity contribution is 5.77. The van der Waals surface area contributed by atoms with E-state index in [1.165, 1.54) is 0 Å². The van der Waals surface area contributed by atoms with E-state index in [4.69, 9.17) is 4.52 Å². The van der Waals surface area contributed by atoms with Crippen LogP contribution in [-0.2, 0) is 22.4 Å². The predicted molar refractivity (Wildman–Crippen MR) is 107 cm³/mol. The summed E-state index contributed by atoms with van der Waals surface area (Å²) in [7, 11) is 0. The number of amides is 2. The first-order chi connectivity index (χ1) is 13.6. The molecule has 2 aliphatic heterocycles. The summed E-state index contributed by atoms with van der Waals surface area (Å²) in [5.74, 6) is 2.06. The minimum Gasteiger partial charge on any atom is -0.361 e. The van der Waals surface area contributed by atoms with E-state index in [-0.39, 0.29) is 11.8 Å². The predicted octanol–water partition coefficient (Wildman–Crippen LogP) is 1.87. The molecule has 1 aromatic heterocycles. The van der Waals surface area contributed by atoms with Crippen molar-refractivity contribution in [1.82, 2.24) is 20.3 Å². The number of rotatable bonds is 7. The van der Waals surface area contributed by atoms with Crippen molar-refractivity contribution in [2.24, 2.45) is 11.8 Å². The summed E-state index contributed by atoms with van der Waals surface area (Å²) in [4.78, 5) is 28.0. The van der Waals surface area contributed by atoms with Crippen LogP contribution in [0.1, 0.15) is 51.0 Å². The van der Waals surface area contributed by atoms with Crippen LogP contribution in [0.3, 0.4) is 0 Å². The summed E-state index contributed by atoms with van der Waals surface area (Å²) in [6.07, 6.45) is 5.68. The summed E-state index contributed by atoms with van der Waals surface area (Å²) in [5, 5.41) is 7.73. The molecule has 0 aliphatic carbocycles. The van der Waals surface area contributed by atoms with Crippen LogP contribution < -0.4 is 5.32 Å². The summed E-state index contributed by atoms with van der Waals surface area (Å²) < 4.78 is 5.47. The second kappa shape index (κ2) is 10.0. The zero-order chi connectivity index (χ0) is 19.9. The SMILES string of the molecule is CCCCc1cc(C[C@@H]2CNCC[C@H]2CC(=O)N2CCN(C(C)=O)CC2)no1. The Morgan fingerprint density at radius 1 is 1.21 bits per heavy atom. The molecular weight excluding hydrogens is 356 g/mol. The Kier molecular flexibility index (Phi) is 7.48. The molecule has 0 saturated carbocycles. The number of carbonyl (C=O) groups excluding carboxylic acids is 2. The van der Waals surface area contributed by atoms with Gasteiger partial charge in [-0.2, -0.15) is 0 Å². The van der Waals surface area contributed by atoms with Gasteiger partial charge in [0.2, 0.25) is 11.8 Å². The van der Waals surface area contributed by atoms with E-state index in [9.17, 15) is 9.59 Å². The molecule has 2 saturated heterocycles. The highest BCUT2D eigenvalue weighted by Gasteiger charge is 2.31. The number of hydrogen-bond donors (Lipinski definition) is 1. The molecular formula is C21H34N4O3. The normalized spacial score (nSPS) is 23.1. The van der Waals surface area contributed by atoms with Gasteiger partial charge in [0.15, 0.2) is 0 Å². The van der Waals surface area contributed by atoms with Crippen LogP contribution in [0.25, 0.3) is 0 Å². The van der Waals surface area contributed by atoms with E-state index < -0.39 is 0 Å². The standard InChI is InChI=1S/C21H34N4O3/c1-3-4-5-20-14-19(23-28-20)12-18-15-22-7-6-17(18)13-21(27)25-10-8-24(9-11-25)16(2)26/h14,17-18,22H,3-13,15H2,1-2H3/t17-,18+/m0/s1. The first-order valence-electron chi connectivity index (χ1n) is 10.7. The van der Waals surface area contributed by atoms with Gasteiger partial charge in [0.1, 0.15) is 5.76 Å². The Bertz CT molecular complexity index is 652. The van der Waals surface area contributed by atoms with Crippen molar-refractivity contribution in [3.05, 3.63) is 17.5 Å². The first kappa shape index (κ1) is 20.8. The number of hydrogen-bond acceptors (Lipinski definition) is 5. The van der Waals surface area contributed by atoms with Crippen molar-refractivity contribution in [3.63, 3.8) is 0 Å². The van der Waals surface area contributed by atoms with Gasteiger partial charge in [0.25, 0.3) is 0 Å². The van der Waals surface area contributed by atoms with Crippen LogP contribution in [0.15, 0.2) is 10.6 Å². The Labute approximate surface area is 167 Å². The maximum absolute atomic E-state index is 12.8. The van der Waals surface area contributed by atoms with Crippen LogP contribution in [0.4, 0.5) is 0 Å². The van der Waals surface area contributed by atoms with Gasteiger partial charge < -0.3 is 19.6 Å². The third kappa shape index (κ3) is 5.56. The fraction of sp³-hybridized carbons (Fsp3) is 0.762. The molecule has 1 N–H and O–H groups in total. The van der Waals surface area contributed by atoms with Crippen molar-refractivity contribution < 1.29 is 14.1 Å². The van der Waals surface area contributed by atoms with Crippen LogP contribution in [0.2, 0.25) is 0 Å². The number of carbonyl (C=O) groups is 2. The van der Waals surface area contributed by atoms with E-state index in [1.54, 1.807) is 6.92 Å². The molecule has 2 atom stereocenters. The highest BCUT2D eigenvalue weighted by atomic mass is 16.5. The van der Waals surface area contributed by atoms with Crippen LogP contribution in [0.5, 0.6) is 0 Å². The van der Waals surface area contributed by atoms with Gasteiger partial charge in [-0.15, -0.1) is 0 Å². The Hall–Kier alpha value is -1.89. The van der Waals surface area contributed by atoms with Crippen molar-refractivity contribution in [2.75, 3.05) is 39.3 Å². The summed E-state index contributed by atoms with van der Waals surface area (Å²) in [5.41, 5.74) is 1.01. The van der Waals surface area contributed by atoms with E-state index in [2.05, 4.69) is 23.5 Å². The summed E-state index contributed by atoms with van der Waals surface area (Å²) >= 11 is 0. The molecule has 0 radical (unpaired) electrons. The molecule has 0 unspecified atom stereocenters. The third-order valence-corrected chi connectivity index (χ3v) is 6.14. The molecule has 0 aromatic carbocycles. The average Bonchev–Trinajstić information content (AvgIpc) is 3.15. The average molecular weight is 391 g/mol. The molecule has 156 valence electrons. The Morgan fingerprint density at radius 2 is 1.96 bits per heavy atom. The van der Waals surface area contributed by atoms with Crippen molar-refractivity contribution in [3.8, 4) is 0 Å². The molecule has 0 bridgehead atoms. The lowest BCUT2D eigenvalue weighted by atomic mass is 9.81. The van der Waals surface area contributed by atoms with E-state index in [0.29, 0.717) is 44.4 Å². The number of nitrogens with zero attached hydrogens (tertiary/aromatic N) is 3. The van der Waals surface area contributed by atoms with Gasteiger partial charge in [-0.05, 0) is 44.2 Å². The topological polar surface area (TPSA) is 78.7 Å². The molecule has 28 heavy (non-hydrogen) atoms. The molecule has 7 nitrogen and oxygen atoms in total. The second-order valence-corrected chi connectivity index (χ2v) is 8.20. The molecule has 3 heterocycles. The fourth-order valence-electron chi connectivity index (χ4n) is 4.30. The van der Waals surface area contributed by atoms with Gasteiger partial charge >= 0.3 is 0 Å². The lowest BCUT2D eigenvalue weighted by Gasteiger charge is -2.37. The minimum atomic E-state index is 0.0939. The van der Waals surface area contributed by atoms with Crippen LogP contribution in [-0.4, -0.2) is 66.0 Å². The number of aryl methyl sites for hydroxylation is 1. The second-order valence-electron chi connectivity index (χ2n) is 8.20. The van der Waals surface area contributed by atoms with Gasteiger partial charge in [-0.25, -0.2) is 0 Å². The molecule has 7 heteroatoms. The number of nitrogens with one attached hydrogen (secondary N) is 1. The van der Waals surface area contributed by atoms with E-state index >= 15 is 0 Å². The van der Waals surface area contributed by atoms with Crippen molar-refractivity contribution >= 4 is 11.8 Å². The Balaban J connectivity index is 1.52. The lowest BCUT2D eigenvalue weighted by Crippen LogP contribution is -2.51. The number of unbranched alkanes of at least 4 members (excludes halogenated alkanes) is 1. The molecule has 3 rings (SSSR count). The van der Waals surface area contributed by atoms with E-state index in [0.717, 1.165) is 56.6 Å². The summed E-state index contributed by atoms with van der Waals surface area (Å²) in [6.45, 7) is 8.25. The Morgan fingerprint density at radius 3 is 2.68 bits per heavy atom. The molecule has 2 amide bonds. The number of aromatic nitrogens is 1. The van der Waals surface area contributed by atoms with Gasteiger partial charge in [-0.3, -0.25) is 9.59 Å². The van der Waals surface area contributed by atoms with Crippen LogP contribution >= 0.6 is 0 Å². The largest absolute Gasteiger partial charge is 0.361 e. The highest BCUT2D eigenvalue weighted by Crippen LogP contribution is 2.27. The lowest BCUT2D eigenvalue weighted by molar-refractivity contribution is -0.139. The quantitative estimate of drug-likeness (QED) is 0.769. The van der Waals surface area contributed by atoms with Crippen molar-refractivity contribution in [2.45, 2.75) is 52.4 Å². The molecule has 0 spiro atoms. The van der Waals surface area contributed by atoms with Crippen LogP contribution in [0, 0.1) is 11.8 Å². The number of piperazine rings is 1. The monoisotopic (exact) mass is 390 g/mol. The maximum Gasteiger partial charge on any atom is 0.222 e. The van der Waals surface area contributed by atoms with Crippen molar-refractivity contribution in [1.29, 1.82) is 0 Å². The number of piperidine rings is 1. The zero-order valence-corrected chi connectivity index (χ0v) is 17.3. The van der Waals surface area contributed by atoms with Gasteiger partial charge in [0, 0.05) is 52.0 Å². The smallest absolute Gasteiger partial charge is 0.222 e. The molecule has 2 aliphatic rings. The molecule has 1 aromatic rings. The minimum absolute atomic E-state index is 0.0939. The summed E-state index contributed by atoms with van der Waals surface area (Å²) in [6, 6.07) is 2.09. The van der Waals surface area contributed by atoms with Gasteiger partial charge in [0.05, 0.1) is 5.69 Å².